The average molecular weight is 278 g/mol. The Morgan fingerprint density at radius 1 is 1.05 bits per heavy atom. The van der Waals surface area contributed by atoms with Crippen LogP contribution in [0.25, 0.3) is 0 Å². The fraction of sp³-hybridized carbons (Fsp3) is 0.250. The molecule has 1 atom stereocenters. The van der Waals surface area contributed by atoms with Gasteiger partial charge in [-0.05, 0) is 37.6 Å². The molecule has 0 bridgehead atoms. The lowest BCUT2D eigenvalue weighted by Crippen LogP contribution is -2.07. The molecule has 2 aromatic rings. The minimum Gasteiger partial charge on any atom is -0.491 e. The third-order valence-corrected chi connectivity index (χ3v) is 2.80. The van der Waals surface area contributed by atoms with E-state index in [2.05, 4.69) is 0 Å². The molecule has 0 aromatic heterocycles. The van der Waals surface area contributed by atoms with E-state index >= 15 is 0 Å². The third kappa shape index (κ3) is 3.33. The van der Waals surface area contributed by atoms with Gasteiger partial charge in [-0.1, -0.05) is 18.2 Å². The molecule has 2 nitrogen and oxygen atoms in total. The Bertz CT molecular complexity index is 597. The second-order valence-electron chi connectivity index (χ2n) is 4.81. The Labute approximate surface area is 116 Å². The lowest BCUT2D eigenvalue weighted by molar-refractivity contribution is 0.211. The Morgan fingerprint density at radius 3 is 2.45 bits per heavy atom. The van der Waals surface area contributed by atoms with Gasteiger partial charge in [0.15, 0.2) is 0 Å². The van der Waals surface area contributed by atoms with Gasteiger partial charge in [0.1, 0.15) is 23.5 Å². The maximum Gasteiger partial charge on any atom is 0.132 e. The number of ether oxygens (including phenoxy) is 1. The minimum atomic E-state index is -1.16. The van der Waals surface area contributed by atoms with Crippen LogP contribution in [0.3, 0.4) is 0 Å². The van der Waals surface area contributed by atoms with Gasteiger partial charge in [0.2, 0.25) is 0 Å². The Kier molecular flexibility index (Phi) is 4.35. The predicted octanol–water partition coefficient (Wildman–Crippen LogP) is 3.83. The van der Waals surface area contributed by atoms with E-state index in [9.17, 15) is 13.9 Å². The molecule has 0 aliphatic carbocycles. The summed E-state index contributed by atoms with van der Waals surface area (Å²) in [5.41, 5.74) is 0.529. The van der Waals surface area contributed by atoms with Crippen LogP contribution >= 0.6 is 0 Å². The highest BCUT2D eigenvalue weighted by molar-refractivity contribution is 5.36. The largest absolute Gasteiger partial charge is 0.491 e. The first-order valence-corrected chi connectivity index (χ1v) is 6.37. The molecule has 20 heavy (non-hydrogen) atoms. The Morgan fingerprint density at radius 2 is 1.80 bits per heavy atom. The van der Waals surface area contributed by atoms with E-state index < -0.39 is 17.7 Å². The van der Waals surface area contributed by atoms with Crippen LogP contribution in [0.15, 0.2) is 42.5 Å². The van der Waals surface area contributed by atoms with Gasteiger partial charge in [0.05, 0.1) is 6.10 Å². The van der Waals surface area contributed by atoms with Gasteiger partial charge in [-0.2, -0.15) is 0 Å². The van der Waals surface area contributed by atoms with Gasteiger partial charge in [-0.3, -0.25) is 0 Å². The molecule has 0 radical (unpaired) electrons. The van der Waals surface area contributed by atoms with E-state index in [-0.39, 0.29) is 11.7 Å². The van der Waals surface area contributed by atoms with Crippen molar-refractivity contribution in [2.75, 3.05) is 0 Å². The summed E-state index contributed by atoms with van der Waals surface area (Å²) in [5, 5.41) is 10.2. The molecule has 2 aromatic carbocycles. The second-order valence-corrected chi connectivity index (χ2v) is 4.81. The SMILES string of the molecule is CC(C)Oc1cccc(C(O)c2ccc(F)cc2F)c1. The lowest BCUT2D eigenvalue weighted by Gasteiger charge is -2.15. The quantitative estimate of drug-likeness (QED) is 0.921. The van der Waals surface area contributed by atoms with Crippen LogP contribution in [0, 0.1) is 11.6 Å². The van der Waals surface area contributed by atoms with Crippen molar-refractivity contribution in [3.63, 3.8) is 0 Å². The van der Waals surface area contributed by atoms with E-state index in [1.807, 2.05) is 13.8 Å². The molecule has 0 spiro atoms. The van der Waals surface area contributed by atoms with E-state index in [0.29, 0.717) is 11.3 Å². The summed E-state index contributed by atoms with van der Waals surface area (Å²) >= 11 is 0. The van der Waals surface area contributed by atoms with Crippen molar-refractivity contribution in [3.8, 4) is 5.75 Å². The van der Waals surface area contributed by atoms with Gasteiger partial charge in [-0.25, -0.2) is 8.78 Å². The van der Waals surface area contributed by atoms with Crippen LogP contribution in [0.2, 0.25) is 0 Å². The third-order valence-electron chi connectivity index (χ3n) is 2.80. The van der Waals surface area contributed by atoms with E-state index in [1.165, 1.54) is 6.07 Å². The Balaban J connectivity index is 2.30. The maximum atomic E-state index is 13.7. The van der Waals surface area contributed by atoms with Crippen molar-refractivity contribution in [3.05, 3.63) is 65.2 Å². The molecule has 4 heteroatoms. The number of benzene rings is 2. The summed E-state index contributed by atoms with van der Waals surface area (Å²) in [4.78, 5) is 0. The van der Waals surface area contributed by atoms with Crippen LogP contribution in [-0.4, -0.2) is 11.2 Å². The van der Waals surface area contributed by atoms with Crippen molar-refractivity contribution < 1.29 is 18.6 Å². The van der Waals surface area contributed by atoms with Gasteiger partial charge in [-0.15, -0.1) is 0 Å². The molecule has 2 rings (SSSR count). The van der Waals surface area contributed by atoms with Crippen LogP contribution in [0.1, 0.15) is 31.1 Å². The van der Waals surface area contributed by atoms with Crippen LogP contribution in [0.4, 0.5) is 8.78 Å². The highest BCUT2D eigenvalue weighted by atomic mass is 19.1. The van der Waals surface area contributed by atoms with Crippen LogP contribution in [0.5, 0.6) is 5.75 Å². The topological polar surface area (TPSA) is 29.5 Å². The maximum absolute atomic E-state index is 13.7. The van der Waals surface area contributed by atoms with E-state index in [4.69, 9.17) is 4.74 Å². The first-order chi connectivity index (χ1) is 9.47. The lowest BCUT2D eigenvalue weighted by atomic mass is 10.0. The normalized spacial score (nSPS) is 12.5. The fourth-order valence-corrected chi connectivity index (χ4v) is 1.93. The van der Waals surface area contributed by atoms with E-state index in [0.717, 1.165) is 12.1 Å². The van der Waals surface area contributed by atoms with Gasteiger partial charge in [0, 0.05) is 11.6 Å². The molecule has 0 amide bonds. The molecule has 0 saturated heterocycles. The summed E-state index contributed by atoms with van der Waals surface area (Å²) in [6.07, 6.45) is -1.16. The van der Waals surface area contributed by atoms with Crippen molar-refractivity contribution >= 4 is 0 Å². The van der Waals surface area contributed by atoms with Crippen LogP contribution in [-0.2, 0) is 0 Å². The number of hydrogen-bond donors (Lipinski definition) is 1. The van der Waals surface area contributed by atoms with Crippen molar-refractivity contribution in [2.45, 2.75) is 26.1 Å². The monoisotopic (exact) mass is 278 g/mol. The van der Waals surface area contributed by atoms with Crippen molar-refractivity contribution in [2.24, 2.45) is 0 Å². The summed E-state index contributed by atoms with van der Waals surface area (Å²) < 4.78 is 32.1. The zero-order valence-electron chi connectivity index (χ0n) is 11.3. The van der Waals surface area contributed by atoms with Gasteiger partial charge < -0.3 is 9.84 Å². The summed E-state index contributed by atoms with van der Waals surface area (Å²) in [7, 11) is 0. The van der Waals surface area contributed by atoms with Crippen molar-refractivity contribution in [1.82, 2.24) is 0 Å². The number of rotatable bonds is 4. The molecule has 0 aliphatic rings. The van der Waals surface area contributed by atoms with Crippen molar-refractivity contribution in [1.29, 1.82) is 0 Å². The molecule has 1 N–H and O–H groups in total. The van der Waals surface area contributed by atoms with E-state index in [1.54, 1.807) is 24.3 Å². The van der Waals surface area contributed by atoms with Crippen LogP contribution < -0.4 is 4.74 Å². The summed E-state index contributed by atoms with van der Waals surface area (Å²) in [6.45, 7) is 3.78. The minimum absolute atomic E-state index is 0.00458. The number of aliphatic hydroxyl groups excluding tert-OH is 1. The molecule has 0 fully saturated rings. The molecular weight excluding hydrogens is 262 g/mol. The first-order valence-electron chi connectivity index (χ1n) is 6.37. The fourth-order valence-electron chi connectivity index (χ4n) is 1.93. The van der Waals surface area contributed by atoms with Gasteiger partial charge >= 0.3 is 0 Å². The molecule has 106 valence electrons. The number of hydrogen-bond acceptors (Lipinski definition) is 2. The molecule has 0 aliphatic heterocycles. The summed E-state index contributed by atoms with van der Waals surface area (Å²) in [5.74, 6) is -0.845. The molecule has 1 unspecified atom stereocenters. The number of halogens is 2. The highest BCUT2D eigenvalue weighted by Crippen LogP contribution is 2.27. The zero-order chi connectivity index (χ0) is 14.7. The predicted molar refractivity (Wildman–Crippen MR) is 72.6 cm³/mol. The summed E-state index contributed by atoms with van der Waals surface area (Å²) in [6, 6.07) is 9.91. The smallest absolute Gasteiger partial charge is 0.132 e. The number of aliphatic hydroxyl groups is 1. The molecule has 0 saturated carbocycles. The second kappa shape index (κ2) is 6.01. The average Bonchev–Trinajstić information content (AvgIpc) is 2.37. The van der Waals surface area contributed by atoms with Gasteiger partial charge in [0.25, 0.3) is 0 Å². The standard InChI is InChI=1S/C16H16F2O2/c1-10(2)20-13-5-3-4-11(8-13)16(19)14-7-6-12(17)9-15(14)18/h3-10,16,19H,1-2H3. The Hall–Kier alpha value is -1.94. The first kappa shape index (κ1) is 14.5. The molecule has 0 heterocycles. The highest BCUT2D eigenvalue weighted by Gasteiger charge is 2.16. The zero-order valence-corrected chi connectivity index (χ0v) is 11.3. The molecular formula is C16H16F2O2.